The molecule has 0 amide bonds. The molecular formula is C10H13N3O5. The predicted octanol–water partition coefficient (Wildman–Crippen LogP) is 0.569. The number of carbonyl (C=O) groups excluding carboxylic acids is 1. The van der Waals surface area contributed by atoms with Crippen LogP contribution in [0.15, 0.2) is 12.1 Å². The predicted molar refractivity (Wildman–Crippen MR) is 62.4 cm³/mol. The van der Waals surface area contributed by atoms with E-state index in [1.807, 2.05) is 0 Å². The number of carbonyl (C=O) groups is 1. The Hall–Kier alpha value is -2.22. The molecule has 1 aromatic heterocycles. The summed E-state index contributed by atoms with van der Waals surface area (Å²) >= 11 is 0. The zero-order chi connectivity index (χ0) is 13.7. The number of rotatable bonds is 5. The second-order valence-corrected chi connectivity index (χ2v) is 3.54. The van der Waals surface area contributed by atoms with Gasteiger partial charge < -0.3 is 15.2 Å². The molecule has 0 radical (unpaired) electrons. The van der Waals surface area contributed by atoms with Crippen LogP contribution in [0.25, 0.3) is 0 Å². The summed E-state index contributed by atoms with van der Waals surface area (Å²) in [5.74, 6) is -0.769. The van der Waals surface area contributed by atoms with Gasteiger partial charge in [0.15, 0.2) is 5.69 Å². The van der Waals surface area contributed by atoms with Gasteiger partial charge in [-0.2, -0.15) is 0 Å². The van der Waals surface area contributed by atoms with E-state index in [-0.39, 0.29) is 23.8 Å². The van der Waals surface area contributed by atoms with Crippen molar-refractivity contribution in [2.75, 3.05) is 19.0 Å². The number of aromatic nitrogens is 1. The van der Waals surface area contributed by atoms with Crippen LogP contribution in [0, 0.1) is 10.1 Å². The maximum Gasteiger partial charge on any atom is 0.356 e. The van der Waals surface area contributed by atoms with Crippen LogP contribution in [0.1, 0.15) is 17.4 Å². The summed E-state index contributed by atoms with van der Waals surface area (Å²) in [7, 11) is 1.19. The smallest absolute Gasteiger partial charge is 0.356 e. The summed E-state index contributed by atoms with van der Waals surface area (Å²) in [6, 6.07) is 1.94. The van der Waals surface area contributed by atoms with Crippen molar-refractivity contribution in [3.05, 3.63) is 27.9 Å². The SMILES string of the molecule is COC(=O)c1ccc([N+](=O)[O-])c(NC(C)CO)n1. The van der Waals surface area contributed by atoms with Crippen LogP contribution in [0.5, 0.6) is 0 Å². The van der Waals surface area contributed by atoms with Crippen molar-refractivity contribution in [3.63, 3.8) is 0 Å². The molecule has 8 nitrogen and oxygen atoms in total. The molecule has 2 N–H and O–H groups in total. The Morgan fingerprint density at radius 3 is 2.83 bits per heavy atom. The number of hydrogen-bond donors (Lipinski definition) is 2. The van der Waals surface area contributed by atoms with Gasteiger partial charge in [-0.1, -0.05) is 0 Å². The van der Waals surface area contributed by atoms with Crippen molar-refractivity contribution in [1.29, 1.82) is 0 Å². The molecule has 0 aliphatic carbocycles. The normalized spacial score (nSPS) is 11.7. The molecule has 1 atom stereocenters. The summed E-state index contributed by atoms with van der Waals surface area (Å²) in [5.41, 5.74) is -0.321. The van der Waals surface area contributed by atoms with E-state index >= 15 is 0 Å². The first-order valence-electron chi connectivity index (χ1n) is 5.10. The van der Waals surface area contributed by atoms with Gasteiger partial charge in [0.25, 0.3) is 0 Å². The van der Waals surface area contributed by atoms with Gasteiger partial charge >= 0.3 is 11.7 Å². The minimum atomic E-state index is -0.690. The average Bonchev–Trinajstić information content (AvgIpc) is 2.37. The molecule has 0 saturated carbocycles. The van der Waals surface area contributed by atoms with E-state index in [4.69, 9.17) is 5.11 Å². The number of aliphatic hydroxyl groups is 1. The lowest BCUT2D eigenvalue weighted by Gasteiger charge is -2.12. The van der Waals surface area contributed by atoms with Crippen LogP contribution in [0.3, 0.4) is 0 Å². The summed E-state index contributed by atoms with van der Waals surface area (Å²) in [4.78, 5) is 25.2. The number of hydrogen-bond acceptors (Lipinski definition) is 7. The first kappa shape index (κ1) is 13.8. The molecule has 0 aromatic carbocycles. The number of nitrogens with one attached hydrogen (secondary N) is 1. The number of ether oxygens (including phenoxy) is 1. The van der Waals surface area contributed by atoms with E-state index in [1.54, 1.807) is 6.92 Å². The van der Waals surface area contributed by atoms with E-state index in [1.165, 1.54) is 13.2 Å². The zero-order valence-corrected chi connectivity index (χ0v) is 9.91. The van der Waals surface area contributed by atoms with Crippen LogP contribution in [0.2, 0.25) is 0 Å². The van der Waals surface area contributed by atoms with Gasteiger partial charge in [0.05, 0.1) is 18.6 Å². The molecule has 0 spiro atoms. The number of anilines is 1. The highest BCUT2D eigenvalue weighted by molar-refractivity contribution is 5.88. The highest BCUT2D eigenvalue weighted by atomic mass is 16.6. The van der Waals surface area contributed by atoms with Gasteiger partial charge in [-0.25, -0.2) is 9.78 Å². The molecule has 0 aliphatic rings. The fourth-order valence-electron chi connectivity index (χ4n) is 1.20. The third kappa shape index (κ3) is 3.14. The summed E-state index contributed by atoms with van der Waals surface area (Å²) in [6.07, 6.45) is 0. The highest BCUT2D eigenvalue weighted by Crippen LogP contribution is 2.23. The molecule has 1 unspecified atom stereocenters. The van der Waals surface area contributed by atoms with E-state index < -0.39 is 16.9 Å². The fourth-order valence-corrected chi connectivity index (χ4v) is 1.20. The first-order chi connectivity index (χ1) is 8.49. The quantitative estimate of drug-likeness (QED) is 0.449. The maximum absolute atomic E-state index is 11.3. The van der Waals surface area contributed by atoms with Crippen molar-refractivity contribution in [2.24, 2.45) is 0 Å². The van der Waals surface area contributed by atoms with Crippen LogP contribution < -0.4 is 5.32 Å². The fraction of sp³-hybridized carbons (Fsp3) is 0.400. The Balaban J connectivity index is 3.15. The third-order valence-electron chi connectivity index (χ3n) is 2.12. The number of methoxy groups -OCH3 is 1. The molecule has 0 fully saturated rings. The number of aliphatic hydroxyl groups excluding tert-OH is 1. The Morgan fingerprint density at radius 1 is 1.67 bits per heavy atom. The minimum Gasteiger partial charge on any atom is -0.464 e. The lowest BCUT2D eigenvalue weighted by Crippen LogP contribution is -2.21. The standard InChI is InChI=1S/C10H13N3O5/c1-6(5-14)11-9-8(13(16)17)4-3-7(12-9)10(15)18-2/h3-4,6,14H,5H2,1-2H3,(H,11,12). The van der Waals surface area contributed by atoms with Gasteiger partial charge in [0, 0.05) is 12.1 Å². The first-order valence-corrected chi connectivity index (χ1v) is 5.10. The van der Waals surface area contributed by atoms with Crippen molar-refractivity contribution < 1.29 is 19.6 Å². The van der Waals surface area contributed by atoms with Crippen LogP contribution in [-0.4, -0.2) is 40.7 Å². The average molecular weight is 255 g/mol. The van der Waals surface area contributed by atoms with E-state index in [0.717, 1.165) is 6.07 Å². The van der Waals surface area contributed by atoms with Gasteiger partial charge in [0.1, 0.15) is 0 Å². The largest absolute Gasteiger partial charge is 0.464 e. The Morgan fingerprint density at radius 2 is 2.33 bits per heavy atom. The molecule has 1 aromatic rings. The van der Waals surface area contributed by atoms with Gasteiger partial charge in [0.2, 0.25) is 5.82 Å². The van der Waals surface area contributed by atoms with Gasteiger partial charge in [-0.05, 0) is 13.0 Å². The van der Waals surface area contributed by atoms with Crippen molar-refractivity contribution >= 4 is 17.5 Å². The Kier molecular flexibility index (Phi) is 4.55. The number of nitro groups is 1. The number of esters is 1. The highest BCUT2D eigenvalue weighted by Gasteiger charge is 2.20. The molecule has 98 valence electrons. The minimum absolute atomic E-state index is 0.0456. The molecule has 0 bridgehead atoms. The molecular weight excluding hydrogens is 242 g/mol. The number of nitrogens with zero attached hydrogens (tertiary/aromatic N) is 2. The number of pyridine rings is 1. The van der Waals surface area contributed by atoms with E-state index in [2.05, 4.69) is 15.0 Å². The second kappa shape index (κ2) is 5.92. The van der Waals surface area contributed by atoms with Gasteiger partial charge in [-0.3, -0.25) is 10.1 Å². The van der Waals surface area contributed by atoms with Crippen molar-refractivity contribution in [3.8, 4) is 0 Å². The van der Waals surface area contributed by atoms with Crippen LogP contribution >= 0.6 is 0 Å². The monoisotopic (exact) mass is 255 g/mol. The van der Waals surface area contributed by atoms with Crippen molar-refractivity contribution in [2.45, 2.75) is 13.0 Å². The topological polar surface area (TPSA) is 115 Å². The third-order valence-corrected chi connectivity index (χ3v) is 2.12. The summed E-state index contributed by atoms with van der Waals surface area (Å²) in [5, 5.41) is 22.3. The van der Waals surface area contributed by atoms with E-state index in [9.17, 15) is 14.9 Å². The molecule has 0 aliphatic heterocycles. The summed E-state index contributed by atoms with van der Waals surface area (Å²) in [6.45, 7) is 1.40. The molecule has 1 heterocycles. The molecule has 8 heteroatoms. The lowest BCUT2D eigenvalue weighted by atomic mass is 10.3. The molecule has 0 saturated heterocycles. The zero-order valence-electron chi connectivity index (χ0n) is 9.91. The van der Waals surface area contributed by atoms with Gasteiger partial charge in [-0.15, -0.1) is 0 Å². The maximum atomic E-state index is 11.3. The Labute approximate surface area is 103 Å². The van der Waals surface area contributed by atoms with Crippen molar-refractivity contribution in [1.82, 2.24) is 4.98 Å². The Bertz CT molecular complexity index is 463. The van der Waals surface area contributed by atoms with Crippen LogP contribution in [-0.2, 0) is 4.74 Å². The van der Waals surface area contributed by atoms with E-state index in [0.29, 0.717) is 0 Å². The van der Waals surface area contributed by atoms with Crippen LogP contribution in [0.4, 0.5) is 11.5 Å². The molecule has 1 rings (SSSR count). The molecule has 18 heavy (non-hydrogen) atoms. The lowest BCUT2D eigenvalue weighted by molar-refractivity contribution is -0.384. The summed E-state index contributed by atoms with van der Waals surface area (Å²) < 4.78 is 4.47. The second-order valence-electron chi connectivity index (χ2n) is 3.54.